The van der Waals surface area contributed by atoms with Gasteiger partial charge in [-0.3, -0.25) is 9.79 Å². The largest absolute Gasteiger partial charge is 0.460 e. The minimum absolute atomic E-state index is 0.0901. The number of hydrogen-bond donors (Lipinski definition) is 1. The number of aliphatic imine (C=N–C) groups is 1. The third kappa shape index (κ3) is 4.56. The van der Waals surface area contributed by atoms with Gasteiger partial charge in [0.25, 0.3) is 0 Å². The van der Waals surface area contributed by atoms with Crippen LogP contribution < -0.4 is 5.32 Å². The maximum Gasteiger partial charge on any atom is 0.311 e. The molecule has 7 nitrogen and oxygen atoms in total. The first kappa shape index (κ1) is 18.7. The Morgan fingerprint density at radius 1 is 1.38 bits per heavy atom. The van der Waals surface area contributed by atoms with Gasteiger partial charge in [0.15, 0.2) is 5.96 Å². The van der Waals surface area contributed by atoms with Crippen molar-refractivity contribution in [3.8, 4) is 0 Å². The highest BCUT2D eigenvalue weighted by Crippen LogP contribution is 2.21. The van der Waals surface area contributed by atoms with Gasteiger partial charge in [-0.1, -0.05) is 0 Å². The maximum atomic E-state index is 12.3. The Labute approximate surface area is 155 Å². The normalized spacial score (nSPS) is 20.8. The van der Waals surface area contributed by atoms with Crippen molar-refractivity contribution in [3.63, 3.8) is 0 Å². The van der Waals surface area contributed by atoms with Crippen molar-refractivity contribution in [2.45, 2.75) is 65.1 Å². The van der Waals surface area contributed by atoms with Gasteiger partial charge in [-0.25, -0.2) is 4.98 Å². The lowest BCUT2D eigenvalue weighted by atomic mass is 10.1. The van der Waals surface area contributed by atoms with Crippen molar-refractivity contribution in [3.05, 3.63) is 17.7 Å². The molecule has 7 heteroatoms. The van der Waals surface area contributed by atoms with Gasteiger partial charge in [-0.15, -0.1) is 0 Å². The molecule has 2 aliphatic rings. The monoisotopic (exact) mass is 361 g/mol. The van der Waals surface area contributed by atoms with Gasteiger partial charge in [0.1, 0.15) is 11.4 Å². The van der Waals surface area contributed by atoms with Crippen molar-refractivity contribution in [1.82, 2.24) is 19.8 Å². The van der Waals surface area contributed by atoms with Crippen molar-refractivity contribution >= 4 is 11.9 Å². The number of nitrogens with zero attached hydrogens (tertiary/aromatic N) is 4. The molecule has 0 radical (unpaired) electrons. The van der Waals surface area contributed by atoms with E-state index in [1.165, 1.54) is 18.7 Å². The molecule has 0 amide bonds. The number of aromatic nitrogens is 2. The van der Waals surface area contributed by atoms with Crippen LogP contribution in [0.25, 0.3) is 0 Å². The van der Waals surface area contributed by atoms with Crippen molar-refractivity contribution in [2.24, 2.45) is 10.9 Å². The average molecular weight is 361 g/mol. The predicted octanol–water partition coefficient (Wildman–Crippen LogP) is 1.96. The van der Waals surface area contributed by atoms with Crippen molar-refractivity contribution in [1.29, 1.82) is 0 Å². The summed E-state index contributed by atoms with van der Waals surface area (Å²) in [6, 6.07) is 0. The van der Waals surface area contributed by atoms with Gasteiger partial charge in [-0.2, -0.15) is 0 Å². The van der Waals surface area contributed by atoms with Crippen LogP contribution in [0.15, 0.2) is 11.2 Å². The summed E-state index contributed by atoms with van der Waals surface area (Å²) in [6.07, 6.45) is 6.47. The molecule has 1 unspecified atom stereocenters. The number of nitrogens with one attached hydrogen (secondary N) is 1. The number of fused-ring (bicyclic) bond motifs is 1. The fourth-order valence-corrected chi connectivity index (χ4v) is 3.59. The molecule has 1 atom stereocenters. The zero-order chi connectivity index (χ0) is 18.7. The van der Waals surface area contributed by atoms with E-state index in [-0.39, 0.29) is 11.9 Å². The van der Waals surface area contributed by atoms with Crippen molar-refractivity contribution < 1.29 is 9.53 Å². The van der Waals surface area contributed by atoms with Crippen molar-refractivity contribution in [2.75, 3.05) is 20.1 Å². The zero-order valence-electron chi connectivity index (χ0n) is 16.4. The molecule has 144 valence electrons. The lowest BCUT2D eigenvalue weighted by Gasteiger charge is -2.23. The number of imidazole rings is 1. The van der Waals surface area contributed by atoms with Gasteiger partial charge in [-0.05, 0) is 40.0 Å². The predicted molar refractivity (Wildman–Crippen MR) is 101 cm³/mol. The number of guanidine groups is 1. The number of hydrogen-bond acceptors (Lipinski definition) is 4. The molecule has 3 rings (SSSR count). The second-order valence-corrected chi connectivity index (χ2v) is 8.16. The van der Waals surface area contributed by atoms with Gasteiger partial charge < -0.3 is 19.5 Å². The van der Waals surface area contributed by atoms with E-state index < -0.39 is 5.60 Å². The molecule has 1 fully saturated rings. The highest BCUT2D eigenvalue weighted by Gasteiger charge is 2.33. The summed E-state index contributed by atoms with van der Waals surface area (Å²) in [4.78, 5) is 23.5. The van der Waals surface area contributed by atoms with Crippen LogP contribution in [0, 0.1) is 5.92 Å². The SMILES string of the molecule is CN=C(NCc1cn2c(n1)CCCC2)N1CCC(C(=O)OC(C)(C)C)C1. The molecule has 2 aliphatic heterocycles. The van der Waals surface area contributed by atoms with Crippen LogP contribution in [0.4, 0.5) is 0 Å². The van der Waals surface area contributed by atoms with Crippen LogP contribution in [0.5, 0.6) is 0 Å². The molecule has 1 saturated heterocycles. The topological polar surface area (TPSA) is 71.8 Å². The highest BCUT2D eigenvalue weighted by atomic mass is 16.6. The van der Waals surface area contributed by atoms with Gasteiger partial charge >= 0.3 is 5.97 Å². The van der Waals surface area contributed by atoms with Crippen LogP contribution in [0.3, 0.4) is 0 Å². The summed E-state index contributed by atoms with van der Waals surface area (Å²) >= 11 is 0. The second-order valence-electron chi connectivity index (χ2n) is 8.16. The van der Waals surface area contributed by atoms with Gasteiger partial charge in [0, 0.05) is 39.3 Å². The minimum atomic E-state index is -0.440. The Bertz CT molecular complexity index is 650. The van der Waals surface area contributed by atoms with Crippen LogP contribution in [0.2, 0.25) is 0 Å². The first-order valence-electron chi connectivity index (χ1n) is 9.59. The lowest BCUT2D eigenvalue weighted by molar-refractivity contribution is -0.159. The van der Waals surface area contributed by atoms with E-state index in [4.69, 9.17) is 9.72 Å². The first-order valence-corrected chi connectivity index (χ1v) is 9.59. The molecule has 1 N–H and O–H groups in total. The number of ether oxygens (including phenoxy) is 1. The lowest BCUT2D eigenvalue weighted by Crippen LogP contribution is -2.40. The van der Waals surface area contributed by atoms with Gasteiger partial charge in [0.05, 0.1) is 18.2 Å². The highest BCUT2D eigenvalue weighted by molar-refractivity contribution is 5.82. The number of carbonyl (C=O) groups is 1. The number of rotatable bonds is 3. The van der Waals surface area contributed by atoms with Crippen LogP contribution in [0.1, 0.15) is 51.6 Å². The number of aryl methyl sites for hydroxylation is 2. The summed E-state index contributed by atoms with van der Waals surface area (Å²) in [6.45, 7) is 8.90. The maximum absolute atomic E-state index is 12.3. The first-order chi connectivity index (χ1) is 12.4. The van der Waals surface area contributed by atoms with Gasteiger partial charge in [0.2, 0.25) is 0 Å². The van der Waals surface area contributed by atoms with E-state index in [1.54, 1.807) is 7.05 Å². The molecule has 0 spiro atoms. The minimum Gasteiger partial charge on any atom is -0.460 e. The standard InChI is InChI=1S/C19H31N5O2/c1-19(2,3)26-17(25)14-8-10-24(12-14)18(20-4)21-11-15-13-23-9-6-5-7-16(23)22-15/h13-14H,5-12H2,1-4H3,(H,20,21). The quantitative estimate of drug-likeness (QED) is 0.506. The van der Waals surface area contributed by atoms with E-state index in [1.807, 2.05) is 20.8 Å². The summed E-state index contributed by atoms with van der Waals surface area (Å²) in [5, 5.41) is 3.39. The van der Waals surface area contributed by atoms with E-state index in [0.717, 1.165) is 37.6 Å². The Balaban J connectivity index is 1.53. The number of esters is 1. The van der Waals surface area contributed by atoms with E-state index in [0.29, 0.717) is 13.1 Å². The molecule has 0 bridgehead atoms. The molecular weight excluding hydrogens is 330 g/mol. The fourth-order valence-electron chi connectivity index (χ4n) is 3.59. The van der Waals surface area contributed by atoms with E-state index >= 15 is 0 Å². The molecule has 1 aromatic heterocycles. The Kier molecular flexibility index (Phi) is 5.53. The second kappa shape index (κ2) is 7.68. The van der Waals surface area contributed by atoms with Crippen LogP contribution in [-0.4, -0.2) is 52.1 Å². The number of carbonyl (C=O) groups excluding carboxylic acids is 1. The van der Waals surface area contributed by atoms with Crippen LogP contribution >= 0.6 is 0 Å². The number of likely N-dealkylation sites (tertiary alicyclic amines) is 1. The molecule has 1 aromatic rings. The average Bonchev–Trinajstić information content (AvgIpc) is 3.20. The Hall–Kier alpha value is -2.05. The summed E-state index contributed by atoms with van der Waals surface area (Å²) < 4.78 is 7.78. The molecule has 0 saturated carbocycles. The summed E-state index contributed by atoms with van der Waals surface area (Å²) in [5.74, 6) is 1.81. The smallest absolute Gasteiger partial charge is 0.311 e. The van der Waals surface area contributed by atoms with Crippen LogP contribution in [-0.2, 0) is 29.0 Å². The molecule has 26 heavy (non-hydrogen) atoms. The summed E-state index contributed by atoms with van der Waals surface area (Å²) in [5.41, 5.74) is 0.607. The Morgan fingerprint density at radius 3 is 2.88 bits per heavy atom. The fraction of sp³-hybridized carbons (Fsp3) is 0.737. The third-order valence-electron chi connectivity index (χ3n) is 4.83. The zero-order valence-corrected chi connectivity index (χ0v) is 16.4. The molecule has 3 heterocycles. The van der Waals surface area contributed by atoms with E-state index in [9.17, 15) is 4.79 Å². The third-order valence-corrected chi connectivity index (χ3v) is 4.83. The molecular formula is C19H31N5O2. The van der Waals surface area contributed by atoms with E-state index in [2.05, 4.69) is 26.0 Å². The molecule has 0 aromatic carbocycles. The Morgan fingerprint density at radius 2 is 2.19 bits per heavy atom. The molecule has 0 aliphatic carbocycles. The summed E-state index contributed by atoms with van der Waals surface area (Å²) in [7, 11) is 1.78.